The number of nitrogens with two attached hydrogens (primary N) is 1. The highest BCUT2D eigenvalue weighted by Crippen LogP contribution is 2.31. The van der Waals surface area contributed by atoms with Crippen LogP contribution in [0.15, 0.2) is 18.2 Å². The van der Waals surface area contributed by atoms with Crippen LogP contribution in [0.1, 0.15) is 46.1 Å². The molecule has 0 unspecified atom stereocenters. The lowest BCUT2D eigenvalue weighted by molar-refractivity contribution is -0.122. The van der Waals surface area contributed by atoms with E-state index >= 15 is 0 Å². The Morgan fingerprint density at radius 1 is 1.24 bits per heavy atom. The minimum Gasteiger partial charge on any atom is -0.492 e. The minimum absolute atomic E-state index is 0.0303. The first-order valence-corrected chi connectivity index (χ1v) is 7.09. The largest absolute Gasteiger partial charge is 0.492 e. The SMILES string of the molecule is CCOc1ccc(C(C)(C)C)cc1NC(=O)CCC(N)=O. The Morgan fingerprint density at radius 3 is 2.43 bits per heavy atom. The van der Waals surface area contributed by atoms with Gasteiger partial charge in [0.15, 0.2) is 0 Å². The number of carbonyl (C=O) groups excluding carboxylic acids is 2. The lowest BCUT2D eigenvalue weighted by atomic mass is 9.87. The molecule has 0 atom stereocenters. The lowest BCUT2D eigenvalue weighted by Crippen LogP contribution is -2.18. The molecule has 0 saturated heterocycles. The Kier molecular flexibility index (Phi) is 5.76. The van der Waals surface area contributed by atoms with Gasteiger partial charge in [-0.3, -0.25) is 9.59 Å². The maximum absolute atomic E-state index is 11.9. The number of hydrogen-bond donors (Lipinski definition) is 2. The second-order valence-corrected chi connectivity index (χ2v) is 5.91. The lowest BCUT2D eigenvalue weighted by Gasteiger charge is -2.21. The molecule has 0 bridgehead atoms. The maximum Gasteiger partial charge on any atom is 0.224 e. The molecule has 0 aromatic heterocycles. The molecule has 0 radical (unpaired) electrons. The van der Waals surface area contributed by atoms with Crippen molar-refractivity contribution in [3.63, 3.8) is 0 Å². The van der Waals surface area contributed by atoms with Crippen molar-refractivity contribution in [1.29, 1.82) is 0 Å². The molecule has 5 nitrogen and oxygen atoms in total. The van der Waals surface area contributed by atoms with E-state index in [1.807, 2.05) is 25.1 Å². The number of benzene rings is 1. The van der Waals surface area contributed by atoms with Gasteiger partial charge >= 0.3 is 0 Å². The molecular formula is C16H24N2O3. The third kappa shape index (κ3) is 5.45. The van der Waals surface area contributed by atoms with Crippen LogP contribution in [0.2, 0.25) is 0 Å². The van der Waals surface area contributed by atoms with E-state index in [9.17, 15) is 9.59 Å². The normalized spacial score (nSPS) is 11.0. The zero-order chi connectivity index (χ0) is 16.0. The summed E-state index contributed by atoms with van der Waals surface area (Å²) in [6, 6.07) is 5.75. The first-order valence-electron chi connectivity index (χ1n) is 7.09. The van der Waals surface area contributed by atoms with Crippen LogP contribution in [-0.4, -0.2) is 18.4 Å². The van der Waals surface area contributed by atoms with Gasteiger partial charge in [0.25, 0.3) is 0 Å². The van der Waals surface area contributed by atoms with Crippen molar-refractivity contribution in [1.82, 2.24) is 0 Å². The van der Waals surface area contributed by atoms with Crippen LogP contribution >= 0.6 is 0 Å². The van der Waals surface area contributed by atoms with Crippen LogP contribution in [0.3, 0.4) is 0 Å². The third-order valence-corrected chi connectivity index (χ3v) is 3.02. The van der Waals surface area contributed by atoms with Crippen molar-refractivity contribution in [3.05, 3.63) is 23.8 Å². The summed E-state index contributed by atoms with van der Waals surface area (Å²) in [5.74, 6) is -0.114. The van der Waals surface area contributed by atoms with Gasteiger partial charge in [-0.1, -0.05) is 26.8 Å². The molecular weight excluding hydrogens is 268 g/mol. The first-order chi connectivity index (χ1) is 9.74. The summed E-state index contributed by atoms with van der Waals surface area (Å²) >= 11 is 0. The van der Waals surface area contributed by atoms with Gasteiger partial charge in [-0.15, -0.1) is 0 Å². The summed E-state index contributed by atoms with van der Waals surface area (Å²) in [4.78, 5) is 22.6. The number of hydrogen-bond acceptors (Lipinski definition) is 3. The van der Waals surface area contributed by atoms with E-state index < -0.39 is 5.91 Å². The first kappa shape index (κ1) is 17.0. The molecule has 1 aromatic carbocycles. The molecule has 0 spiro atoms. The van der Waals surface area contributed by atoms with Crippen molar-refractivity contribution < 1.29 is 14.3 Å². The fourth-order valence-electron chi connectivity index (χ4n) is 1.82. The number of rotatable bonds is 6. The predicted molar refractivity (Wildman–Crippen MR) is 83.4 cm³/mol. The predicted octanol–water partition coefficient (Wildman–Crippen LogP) is 2.59. The van der Waals surface area contributed by atoms with Crippen molar-refractivity contribution in [3.8, 4) is 5.75 Å². The molecule has 3 N–H and O–H groups in total. The van der Waals surface area contributed by atoms with Gasteiger partial charge in [-0.05, 0) is 30.0 Å². The van der Waals surface area contributed by atoms with Gasteiger partial charge in [-0.2, -0.15) is 0 Å². The van der Waals surface area contributed by atoms with Crippen LogP contribution in [-0.2, 0) is 15.0 Å². The average Bonchev–Trinajstić information content (AvgIpc) is 2.37. The second-order valence-electron chi connectivity index (χ2n) is 5.91. The molecule has 2 amide bonds. The molecule has 0 saturated carbocycles. The summed E-state index contributed by atoms with van der Waals surface area (Å²) in [5, 5.41) is 2.79. The minimum atomic E-state index is -0.487. The number of anilines is 1. The topological polar surface area (TPSA) is 81.4 Å². The Bertz CT molecular complexity index is 519. The number of nitrogens with one attached hydrogen (secondary N) is 1. The molecule has 0 aliphatic carbocycles. The molecule has 0 aliphatic rings. The molecule has 21 heavy (non-hydrogen) atoms. The zero-order valence-corrected chi connectivity index (χ0v) is 13.2. The Morgan fingerprint density at radius 2 is 1.90 bits per heavy atom. The van der Waals surface area contributed by atoms with Gasteiger partial charge in [0.1, 0.15) is 5.75 Å². The highest BCUT2D eigenvalue weighted by Gasteiger charge is 2.17. The summed E-state index contributed by atoms with van der Waals surface area (Å²) in [6.45, 7) is 8.69. The van der Waals surface area contributed by atoms with Crippen molar-refractivity contribution >= 4 is 17.5 Å². The van der Waals surface area contributed by atoms with E-state index in [1.165, 1.54) is 0 Å². The zero-order valence-electron chi connectivity index (χ0n) is 13.2. The number of ether oxygens (including phenoxy) is 1. The van der Waals surface area contributed by atoms with Crippen LogP contribution in [0, 0.1) is 0 Å². The summed E-state index contributed by atoms with van der Waals surface area (Å²) < 4.78 is 5.52. The van der Waals surface area contributed by atoms with E-state index in [1.54, 1.807) is 0 Å². The molecule has 116 valence electrons. The monoisotopic (exact) mass is 292 g/mol. The maximum atomic E-state index is 11.9. The van der Waals surface area contributed by atoms with E-state index in [0.717, 1.165) is 5.56 Å². The third-order valence-electron chi connectivity index (χ3n) is 3.02. The average molecular weight is 292 g/mol. The van der Waals surface area contributed by atoms with Crippen molar-refractivity contribution in [2.45, 2.75) is 46.0 Å². The second kappa shape index (κ2) is 7.11. The molecule has 0 fully saturated rings. The number of primary amides is 1. The van der Waals surface area contributed by atoms with Crippen molar-refractivity contribution in [2.75, 3.05) is 11.9 Å². The highest BCUT2D eigenvalue weighted by atomic mass is 16.5. The molecule has 5 heteroatoms. The fraction of sp³-hybridized carbons (Fsp3) is 0.500. The van der Waals surface area contributed by atoms with Crippen molar-refractivity contribution in [2.24, 2.45) is 5.73 Å². The Balaban J connectivity index is 2.95. The van der Waals surface area contributed by atoms with E-state index in [4.69, 9.17) is 10.5 Å². The van der Waals surface area contributed by atoms with Gasteiger partial charge in [0.05, 0.1) is 12.3 Å². The van der Waals surface area contributed by atoms with Crippen LogP contribution in [0.5, 0.6) is 5.75 Å². The fourth-order valence-corrected chi connectivity index (χ4v) is 1.82. The van der Waals surface area contributed by atoms with Crippen LogP contribution in [0.4, 0.5) is 5.69 Å². The molecule has 1 rings (SSSR count). The van der Waals surface area contributed by atoms with Gasteiger partial charge in [0.2, 0.25) is 11.8 Å². The van der Waals surface area contributed by atoms with Crippen LogP contribution < -0.4 is 15.8 Å². The Hall–Kier alpha value is -2.04. The quantitative estimate of drug-likeness (QED) is 0.845. The van der Waals surface area contributed by atoms with Gasteiger partial charge in [0, 0.05) is 12.8 Å². The molecule has 1 aromatic rings. The van der Waals surface area contributed by atoms with E-state index in [0.29, 0.717) is 18.0 Å². The summed E-state index contributed by atoms with van der Waals surface area (Å²) in [7, 11) is 0. The molecule has 0 heterocycles. The van der Waals surface area contributed by atoms with Gasteiger partial charge in [-0.25, -0.2) is 0 Å². The Labute approximate surface area is 125 Å². The highest BCUT2D eigenvalue weighted by molar-refractivity contribution is 5.94. The van der Waals surface area contributed by atoms with E-state index in [-0.39, 0.29) is 24.2 Å². The van der Waals surface area contributed by atoms with Gasteiger partial charge < -0.3 is 15.8 Å². The molecule has 0 aliphatic heterocycles. The standard InChI is InChI=1S/C16H24N2O3/c1-5-21-13-7-6-11(16(2,3)4)10-12(13)18-15(20)9-8-14(17)19/h6-7,10H,5,8-9H2,1-4H3,(H2,17,19)(H,18,20). The summed E-state index contributed by atoms with van der Waals surface area (Å²) in [5.41, 5.74) is 6.74. The smallest absolute Gasteiger partial charge is 0.224 e. The van der Waals surface area contributed by atoms with Crippen LogP contribution in [0.25, 0.3) is 0 Å². The summed E-state index contributed by atoms with van der Waals surface area (Å²) in [6.07, 6.45) is 0.107. The number of carbonyl (C=O) groups is 2. The van der Waals surface area contributed by atoms with E-state index in [2.05, 4.69) is 26.1 Å². The number of amides is 2.